The van der Waals surface area contributed by atoms with Gasteiger partial charge in [-0.3, -0.25) is 19.7 Å². The Kier molecular flexibility index (Phi) is 4.79. The van der Waals surface area contributed by atoms with Crippen LogP contribution < -0.4 is 5.48 Å². The number of nitro groups is 1. The van der Waals surface area contributed by atoms with Gasteiger partial charge in [-0.25, -0.2) is 5.48 Å². The van der Waals surface area contributed by atoms with Crippen molar-refractivity contribution < 1.29 is 14.6 Å². The molecule has 0 radical (unpaired) electrons. The first kappa shape index (κ1) is 14.1. The van der Waals surface area contributed by atoms with Crippen LogP contribution in [0.5, 0.6) is 0 Å². The molecule has 0 spiro atoms. The number of non-ortho nitro benzene ring substituents is 1. The highest BCUT2D eigenvalue weighted by molar-refractivity contribution is 5.95. The molecule has 18 heavy (non-hydrogen) atoms. The summed E-state index contributed by atoms with van der Waals surface area (Å²) in [6, 6.07) is 4.14. The quantitative estimate of drug-likeness (QED) is 0.643. The fourth-order valence-corrected chi connectivity index (χ4v) is 1.30. The number of amides is 1. The third-order valence-electron chi connectivity index (χ3n) is 2.26. The zero-order valence-corrected chi connectivity index (χ0v) is 10.6. The summed E-state index contributed by atoms with van der Waals surface area (Å²) >= 11 is 0. The van der Waals surface area contributed by atoms with Crippen molar-refractivity contribution in [2.75, 3.05) is 6.61 Å². The summed E-state index contributed by atoms with van der Waals surface area (Å²) in [4.78, 5) is 26.9. The van der Waals surface area contributed by atoms with Gasteiger partial charge in [-0.15, -0.1) is 0 Å². The van der Waals surface area contributed by atoms with Crippen LogP contribution in [0, 0.1) is 23.0 Å². The maximum absolute atomic E-state index is 11.8. The molecule has 0 aromatic heterocycles. The molecule has 1 N–H and O–H groups in total. The highest BCUT2D eigenvalue weighted by Crippen LogP contribution is 2.17. The smallest absolute Gasteiger partial charge is 0.273 e. The van der Waals surface area contributed by atoms with E-state index in [-0.39, 0.29) is 17.2 Å². The molecular weight excluding hydrogens is 236 g/mol. The summed E-state index contributed by atoms with van der Waals surface area (Å²) in [7, 11) is 0. The van der Waals surface area contributed by atoms with Crippen molar-refractivity contribution in [3.05, 3.63) is 39.4 Å². The standard InChI is InChI=1S/C12H16N2O4/c1-8(2)7-18-13-12(15)11-6-10(14(16)17)5-4-9(11)3/h4-6,8H,7H2,1-3H3,(H,13,15). The molecule has 1 amide bonds. The molecule has 0 saturated carbocycles. The molecule has 0 aliphatic rings. The molecule has 0 heterocycles. The van der Waals surface area contributed by atoms with Crippen molar-refractivity contribution in [3.63, 3.8) is 0 Å². The third kappa shape index (κ3) is 3.81. The predicted molar refractivity (Wildman–Crippen MR) is 66.1 cm³/mol. The lowest BCUT2D eigenvalue weighted by molar-refractivity contribution is -0.384. The van der Waals surface area contributed by atoms with Crippen LogP contribution in [0.2, 0.25) is 0 Å². The molecule has 6 nitrogen and oxygen atoms in total. The lowest BCUT2D eigenvalue weighted by Crippen LogP contribution is -2.26. The fourth-order valence-electron chi connectivity index (χ4n) is 1.30. The number of rotatable bonds is 5. The van der Waals surface area contributed by atoms with Gasteiger partial charge in [-0.05, 0) is 18.4 Å². The van der Waals surface area contributed by atoms with Crippen molar-refractivity contribution in [3.8, 4) is 0 Å². The van der Waals surface area contributed by atoms with Crippen molar-refractivity contribution in [1.82, 2.24) is 5.48 Å². The van der Waals surface area contributed by atoms with Crippen molar-refractivity contribution in [2.24, 2.45) is 5.92 Å². The maximum Gasteiger partial charge on any atom is 0.275 e. The summed E-state index contributed by atoms with van der Waals surface area (Å²) in [6.07, 6.45) is 0. The van der Waals surface area contributed by atoms with Crippen LogP contribution in [-0.4, -0.2) is 17.4 Å². The van der Waals surface area contributed by atoms with Gasteiger partial charge in [-0.2, -0.15) is 0 Å². The van der Waals surface area contributed by atoms with Gasteiger partial charge in [0.1, 0.15) is 0 Å². The Balaban J connectivity index is 2.78. The van der Waals surface area contributed by atoms with Crippen molar-refractivity contribution in [2.45, 2.75) is 20.8 Å². The molecule has 0 atom stereocenters. The molecule has 0 saturated heterocycles. The molecule has 0 unspecified atom stereocenters. The van der Waals surface area contributed by atoms with E-state index >= 15 is 0 Å². The molecule has 0 fully saturated rings. The van der Waals surface area contributed by atoms with Crippen LogP contribution in [0.4, 0.5) is 5.69 Å². The Labute approximate surface area is 105 Å². The topological polar surface area (TPSA) is 81.5 Å². The van der Waals surface area contributed by atoms with Gasteiger partial charge in [0.25, 0.3) is 11.6 Å². The number of benzene rings is 1. The Bertz CT molecular complexity index is 457. The summed E-state index contributed by atoms with van der Waals surface area (Å²) < 4.78 is 0. The molecule has 1 aromatic carbocycles. The van der Waals surface area contributed by atoms with Crippen LogP contribution in [0.1, 0.15) is 29.8 Å². The van der Waals surface area contributed by atoms with Gasteiger partial charge >= 0.3 is 0 Å². The summed E-state index contributed by atoms with van der Waals surface area (Å²) in [5, 5.41) is 10.6. The Morgan fingerprint density at radius 1 is 1.50 bits per heavy atom. The minimum Gasteiger partial charge on any atom is -0.273 e. The summed E-state index contributed by atoms with van der Waals surface area (Å²) in [5.74, 6) is -0.187. The van der Waals surface area contributed by atoms with E-state index in [1.165, 1.54) is 18.2 Å². The number of hydroxylamine groups is 1. The average Bonchev–Trinajstić information content (AvgIpc) is 2.28. The van der Waals surface area contributed by atoms with Gasteiger partial charge in [0.2, 0.25) is 0 Å². The van der Waals surface area contributed by atoms with Gasteiger partial charge in [0.15, 0.2) is 0 Å². The van der Waals surface area contributed by atoms with E-state index < -0.39 is 10.8 Å². The van der Waals surface area contributed by atoms with Gasteiger partial charge in [0, 0.05) is 12.1 Å². The highest BCUT2D eigenvalue weighted by Gasteiger charge is 2.14. The zero-order valence-electron chi connectivity index (χ0n) is 10.6. The molecule has 0 bridgehead atoms. The Hall–Kier alpha value is -1.95. The van der Waals surface area contributed by atoms with E-state index in [0.29, 0.717) is 12.2 Å². The monoisotopic (exact) mass is 252 g/mol. The number of hydrogen-bond donors (Lipinski definition) is 1. The second-order valence-corrected chi connectivity index (χ2v) is 4.39. The fraction of sp³-hybridized carbons (Fsp3) is 0.417. The van der Waals surface area contributed by atoms with Crippen LogP contribution in [-0.2, 0) is 4.84 Å². The normalized spacial score (nSPS) is 10.4. The number of nitrogens with zero attached hydrogens (tertiary/aromatic N) is 1. The van der Waals surface area contributed by atoms with Crippen molar-refractivity contribution in [1.29, 1.82) is 0 Å². The number of hydrogen-bond acceptors (Lipinski definition) is 4. The number of nitro benzene ring substituents is 1. The lowest BCUT2D eigenvalue weighted by atomic mass is 10.1. The summed E-state index contributed by atoms with van der Waals surface area (Å²) in [6.45, 7) is 6.00. The second-order valence-electron chi connectivity index (χ2n) is 4.39. The molecule has 6 heteroatoms. The van der Waals surface area contributed by atoms with E-state index in [0.717, 1.165) is 0 Å². The first-order valence-corrected chi connectivity index (χ1v) is 5.59. The molecule has 1 aromatic rings. The van der Waals surface area contributed by atoms with Gasteiger partial charge in [0.05, 0.1) is 17.1 Å². The Morgan fingerprint density at radius 3 is 2.72 bits per heavy atom. The predicted octanol–water partition coefficient (Wildman–Crippen LogP) is 2.22. The minimum atomic E-state index is -0.537. The second kappa shape index (κ2) is 6.11. The number of carbonyl (C=O) groups is 1. The largest absolute Gasteiger partial charge is 0.275 e. The highest BCUT2D eigenvalue weighted by atomic mass is 16.7. The van der Waals surface area contributed by atoms with E-state index in [4.69, 9.17) is 4.84 Å². The van der Waals surface area contributed by atoms with E-state index in [1.807, 2.05) is 13.8 Å². The number of aryl methyl sites for hydroxylation is 1. The summed E-state index contributed by atoms with van der Waals surface area (Å²) in [5.41, 5.74) is 3.06. The van der Waals surface area contributed by atoms with Gasteiger partial charge < -0.3 is 0 Å². The average molecular weight is 252 g/mol. The first-order chi connectivity index (χ1) is 8.41. The zero-order chi connectivity index (χ0) is 13.7. The van der Waals surface area contributed by atoms with Crippen LogP contribution >= 0.6 is 0 Å². The van der Waals surface area contributed by atoms with Crippen molar-refractivity contribution >= 4 is 11.6 Å². The lowest BCUT2D eigenvalue weighted by Gasteiger charge is -2.09. The SMILES string of the molecule is Cc1ccc([N+](=O)[O-])cc1C(=O)NOCC(C)C. The third-order valence-corrected chi connectivity index (χ3v) is 2.26. The maximum atomic E-state index is 11.8. The molecule has 1 rings (SSSR count). The Morgan fingerprint density at radius 2 is 2.17 bits per heavy atom. The van der Waals surface area contributed by atoms with Crippen LogP contribution in [0.25, 0.3) is 0 Å². The number of nitrogens with one attached hydrogen (secondary N) is 1. The van der Waals surface area contributed by atoms with E-state index in [2.05, 4.69) is 5.48 Å². The van der Waals surface area contributed by atoms with Crippen LogP contribution in [0.3, 0.4) is 0 Å². The van der Waals surface area contributed by atoms with E-state index in [1.54, 1.807) is 6.92 Å². The molecule has 0 aliphatic heterocycles. The molecule has 98 valence electrons. The van der Waals surface area contributed by atoms with Gasteiger partial charge in [-0.1, -0.05) is 19.9 Å². The van der Waals surface area contributed by atoms with E-state index in [9.17, 15) is 14.9 Å². The molecular formula is C12H16N2O4. The van der Waals surface area contributed by atoms with Crippen LogP contribution in [0.15, 0.2) is 18.2 Å². The number of carbonyl (C=O) groups excluding carboxylic acids is 1. The first-order valence-electron chi connectivity index (χ1n) is 5.59. The minimum absolute atomic E-state index is 0.116. The molecule has 0 aliphatic carbocycles.